The summed E-state index contributed by atoms with van der Waals surface area (Å²) in [6.07, 6.45) is 3.76. The summed E-state index contributed by atoms with van der Waals surface area (Å²) in [6, 6.07) is 2.27. The monoisotopic (exact) mass is 315 g/mol. The second-order valence-corrected chi connectivity index (χ2v) is 6.24. The van der Waals surface area contributed by atoms with Gasteiger partial charge in [0.2, 0.25) is 5.91 Å². The normalized spacial score (nSPS) is 14.3. The van der Waals surface area contributed by atoms with E-state index in [0.29, 0.717) is 17.3 Å². The van der Waals surface area contributed by atoms with Crippen LogP contribution in [0.15, 0.2) is 12.3 Å². The second kappa shape index (κ2) is 5.98. The van der Waals surface area contributed by atoms with Crippen LogP contribution < -0.4 is 10.6 Å². The van der Waals surface area contributed by atoms with Gasteiger partial charge in [-0.2, -0.15) is 5.10 Å². The van der Waals surface area contributed by atoms with Crippen molar-refractivity contribution in [2.75, 3.05) is 6.54 Å². The van der Waals surface area contributed by atoms with Gasteiger partial charge in [-0.1, -0.05) is 0 Å². The molecule has 1 aliphatic rings. The van der Waals surface area contributed by atoms with Gasteiger partial charge in [0.25, 0.3) is 5.91 Å². The van der Waals surface area contributed by atoms with Gasteiger partial charge in [0.15, 0.2) is 5.65 Å². The van der Waals surface area contributed by atoms with Gasteiger partial charge in [0.05, 0.1) is 24.0 Å². The molecule has 2 amide bonds. The fraction of sp³-hybridized carbons (Fsp3) is 0.500. The van der Waals surface area contributed by atoms with E-state index in [1.165, 1.54) is 0 Å². The lowest BCUT2D eigenvalue weighted by atomic mass is 10.1. The van der Waals surface area contributed by atoms with E-state index in [4.69, 9.17) is 0 Å². The number of carbonyl (C=O) groups excluding carboxylic acids is 2. The van der Waals surface area contributed by atoms with E-state index in [1.54, 1.807) is 19.2 Å². The summed E-state index contributed by atoms with van der Waals surface area (Å²) in [5.41, 5.74) is 1.86. The third kappa shape index (κ3) is 3.33. The quantitative estimate of drug-likeness (QED) is 0.871. The number of hydrogen-bond donors (Lipinski definition) is 2. The molecule has 0 saturated heterocycles. The second-order valence-electron chi connectivity index (χ2n) is 6.24. The SMILES string of the molecule is Cc1nc2c(cnn2C(C)C)cc1C(=O)NCC(=O)NC1CC1. The molecule has 1 aliphatic carbocycles. The minimum atomic E-state index is -0.292. The zero-order chi connectivity index (χ0) is 16.6. The van der Waals surface area contributed by atoms with Crippen LogP contribution in [0.4, 0.5) is 0 Å². The largest absolute Gasteiger partial charge is 0.352 e. The summed E-state index contributed by atoms with van der Waals surface area (Å²) in [5, 5.41) is 10.6. The smallest absolute Gasteiger partial charge is 0.253 e. The van der Waals surface area contributed by atoms with Crippen LogP contribution in [0.3, 0.4) is 0 Å². The first-order valence-corrected chi connectivity index (χ1v) is 7.88. The van der Waals surface area contributed by atoms with E-state index in [2.05, 4.69) is 20.7 Å². The van der Waals surface area contributed by atoms with Crippen molar-refractivity contribution in [2.24, 2.45) is 0 Å². The predicted octanol–water partition coefficient (Wildman–Crippen LogP) is 1.33. The number of carbonyl (C=O) groups is 2. The number of hydrogen-bond acceptors (Lipinski definition) is 4. The van der Waals surface area contributed by atoms with Crippen molar-refractivity contribution in [3.05, 3.63) is 23.5 Å². The third-order valence-corrected chi connectivity index (χ3v) is 3.85. The predicted molar refractivity (Wildman–Crippen MR) is 86.1 cm³/mol. The Bertz CT molecular complexity index is 761. The summed E-state index contributed by atoms with van der Waals surface area (Å²) < 4.78 is 1.83. The number of aromatic nitrogens is 3. The molecule has 7 nitrogen and oxygen atoms in total. The summed E-state index contributed by atoms with van der Waals surface area (Å²) >= 11 is 0. The highest BCUT2D eigenvalue weighted by atomic mass is 16.2. The molecule has 0 unspecified atom stereocenters. The van der Waals surface area contributed by atoms with Crippen molar-refractivity contribution < 1.29 is 9.59 Å². The van der Waals surface area contributed by atoms with Gasteiger partial charge in [-0.3, -0.25) is 9.59 Å². The van der Waals surface area contributed by atoms with Crippen LogP contribution in [0, 0.1) is 6.92 Å². The van der Waals surface area contributed by atoms with Crippen LogP contribution in [-0.4, -0.2) is 39.2 Å². The highest BCUT2D eigenvalue weighted by Crippen LogP contribution is 2.19. The van der Waals surface area contributed by atoms with Crippen molar-refractivity contribution >= 4 is 22.8 Å². The summed E-state index contributed by atoms with van der Waals surface area (Å²) in [4.78, 5) is 28.4. The summed E-state index contributed by atoms with van der Waals surface area (Å²) in [6.45, 7) is 5.83. The topological polar surface area (TPSA) is 88.9 Å². The van der Waals surface area contributed by atoms with Gasteiger partial charge in [-0.25, -0.2) is 9.67 Å². The maximum Gasteiger partial charge on any atom is 0.253 e. The lowest BCUT2D eigenvalue weighted by Crippen LogP contribution is -2.38. The van der Waals surface area contributed by atoms with E-state index >= 15 is 0 Å². The molecule has 2 heterocycles. The van der Waals surface area contributed by atoms with Gasteiger partial charge in [0, 0.05) is 17.5 Å². The number of aryl methyl sites for hydroxylation is 1. The number of nitrogens with one attached hydrogen (secondary N) is 2. The third-order valence-electron chi connectivity index (χ3n) is 3.85. The van der Waals surface area contributed by atoms with Crippen molar-refractivity contribution in [1.29, 1.82) is 0 Å². The zero-order valence-electron chi connectivity index (χ0n) is 13.6. The van der Waals surface area contributed by atoms with Crippen LogP contribution in [-0.2, 0) is 4.79 Å². The van der Waals surface area contributed by atoms with Crippen molar-refractivity contribution in [3.63, 3.8) is 0 Å². The lowest BCUT2D eigenvalue weighted by molar-refractivity contribution is -0.120. The highest BCUT2D eigenvalue weighted by Gasteiger charge is 2.23. The maximum absolute atomic E-state index is 12.3. The first kappa shape index (κ1) is 15.5. The maximum atomic E-state index is 12.3. The molecule has 1 saturated carbocycles. The molecule has 0 bridgehead atoms. The van der Waals surface area contributed by atoms with Gasteiger partial charge < -0.3 is 10.6 Å². The van der Waals surface area contributed by atoms with Crippen LogP contribution in [0.2, 0.25) is 0 Å². The Morgan fingerprint density at radius 1 is 1.39 bits per heavy atom. The molecule has 0 aromatic carbocycles. The van der Waals surface area contributed by atoms with Gasteiger partial charge in [-0.15, -0.1) is 0 Å². The Morgan fingerprint density at radius 3 is 2.78 bits per heavy atom. The van der Waals surface area contributed by atoms with Crippen LogP contribution in [0.5, 0.6) is 0 Å². The standard InChI is InChI=1S/C16H21N5O2/c1-9(2)21-15-11(7-18-21)6-13(10(3)19-15)16(23)17-8-14(22)20-12-4-5-12/h6-7,9,12H,4-5,8H2,1-3H3,(H,17,23)(H,20,22). The van der Waals surface area contributed by atoms with Crippen LogP contribution in [0.25, 0.3) is 11.0 Å². The van der Waals surface area contributed by atoms with E-state index in [-0.39, 0.29) is 24.4 Å². The van der Waals surface area contributed by atoms with Crippen LogP contribution in [0.1, 0.15) is 48.8 Å². The van der Waals surface area contributed by atoms with Crippen LogP contribution >= 0.6 is 0 Å². The zero-order valence-corrected chi connectivity index (χ0v) is 13.6. The lowest BCUT2D eigenvalue weighted by Gasteiger charge is -2.10. The summed E-state index contributed by atoms with van der Waals surface area (Å²) in [7, 11) is 0. The molecule has 0 radical (unpaired) electrons. The molecular weight excluding hydrogens is 294 g/mol. The van der Waals surface area contributed by atoms with Crippen molar-refractivity contribution in [3.8, 4) is 0 Å². The fourth-order valence-corrected chi connectivity index (χ4v) is 2.44. The Hall–Kier alpha value is -2.44. The fourth-order valence-electron chi connectivity index (χ4n) is 2.44. The number of pyridine rings is 1. The molecule has 122 valence electrons. The Labute approximate surface area is 134 Å². The van der Waals surface area contributed by atoms with E-state index < -0.39 is 0 Å². The van der Waals surface area contributed by atoms with Crippen molar-refractivity contribution in [1.82, 2.24) is 25.4 Å². The molecule has 0 aliphatic heterocycles. The van der Waals surface area contributed by atoms with Gasteiger partial charge in [-0.05, 0) is 39.7 Å². The molecule has 2 aromatic heterocycles. The number of fused-ring (bicyclic) bond motifs is 1. The number of amides is 2. The molecule has 2 N–H and O–H groups in total. The van der Waals surface area contributed by atoms with Gasteiger partial charge in [0.1, 0.15) is 0 Å². The van der Waals surface area contributed by atoms with E-state index in [0.717, 1.165) is 23.9 Å². The average molecular weight is 315 g/mol. The first-order chi connectivity index (χ1) is 11.0. The molecule has 3 rings (SSSR count). The molecule has 7 heteroatoms. The Kier molecular flexibility index (Phi) is 4.02. The molecule has 0 spiro atoms. The molecular formula is C16H21N5O2. The highest BCUT2D eigenvalue weighted by molar-refractivity contribution is 5.99. The van der Waals surface area contributed by atoms with E-state index in [1.807, 2.05) is 18.5 Å². The minimum Gasteiger partial charge on any atom is -0.352 e. The van der Waals surface area contributed by atoms with Crippen molar-refractivity contribution in [2.45, 2.75) is 45.7 Å². The molecule has 2 aromatic rings. The molecule has 1 fully saturated rings. The number of rotatable bonds is 5. The molecule has 23 heavy (non-hydrogen) atoms. The molecule has 0 atom stereocenters. The average Bonchev–Trinajstić information content (AvgIpc) is 3.21. The first-order valence-electron chi connectivity index (χ1n) is 7.88. The van der Waals surface area contributed by atoms with Gasteiger partial charge >= 0.3 is 0 Å². The Balaban J connectivity index is 1.74. The van der Waals surface area contributed by atoms with E-state index in [9.17, 15) is 9.59 Å². The Morgan fingerprint density at radius 2 is 2.13 bits per heavy atom. The minimum absolute atomic E-state index is 0.0158. The summed E-state index contributed by atoms with van der Waals surface area (Å²) in [5.74, 6) is -0.444. The number of nitrogens with zero attached hydrogens (tertiary/aromatic N) is 3.